The second kappa shape index (κ2) is 8.67. The summed E-state index contributed by atoms with van der Waals surface area (Å²) in [5.41, 5.74) is 2.40. The van der Waals surface area contributed by atoms with Crippen molar-refractivity contribution in [3.8, 4) is 0 Å². The van der Waals surface area contributed by atoms with Gasteiger partial charge >= 0.3 is 5.97 Å². The van der Waals surface area contributed by atoms with Crippen LogP contribution in [0.2, 0.25) is 0 Å². The molecule has 1 fully saturated rings. The first-order valence-electron chi connectivity index (χ1n) is 9.17. The number of piperidine rings is 1. The molecule has 0 radical (unpaired) electrons. The van der Waals surface area contributed by atoms with Crippen molar-refractivity contribution in [2.75, 3.05) is 20.2 Å². The van der Waals surface area contributed by atoms with Crippen LogP contribution in [-0.4, -0.2) is 38.9 Å². The van der Waals surface area contributed by atoms with Crippen molar-refractivity contribution >= 4 is 16.0 Å². The fourth-order valence-electron chi connectivity index (χ4n) is 3.50. The summed E-state index contributed by atoms with van der Waals surface area (Å²) in [5, 5.41) is 0. The van der Waals surface area contributed by atoms with E-state index in [1.54, 1.807) is 28.6 Å². The summed E-state index contributed by atoms with van der Waals surface area (Å²) in [6, 6.07) is 16.9. The summed E-state index contributed by atoms with van der Waals surface area (Å²) < 4.78 is 31.7. The molecule has 144 valence electrons. The number of benzene rings is 2. The van der Waals surface area contributed by atoms with Crippen LogP contribution < -0.4 is 0 Å². The molecule has 0 spiro atoms. The molecular formula is C21H25NO4S. The van der Waals surface area contributed by atoms with Crippen LogP contribution in [0, 0.1) is 5.92 Å². The first-order valence-corrected chi connectivity index (χ1v) is 10.8. The van der Waals surface area contributed by atoms with Gasteiger partial charge in [0.25, 0.3) is 0 Å². The molecule has 27 heavy (non-hydrogen) atoms. The molecule has 0 aromatic heterocycles. The van der Waals surface area contributed by atoms with Gasteiger partial charge in [0.1, 0.15) is 0 Å². The summed E-state index contributed by atoms with van der Waals surface area (Å²) in [7, 11) is -2.03. The third kappa shape index (κ3) is 5.17. The van der Waals surface area contributed by atoms with Gasteiger partial charge in [0.2, 0.25) is 10.0 Å². The van der Waals surface area contributed by atoms with Gasteiger partial charge in [0.15, 0.2) is 0 Å². The van der Waals surface area contributed by atoms with Crippen molar-refractivity contribution in [2.24, 2.45) is 5.92 Å². The average Bonchev–Trinajstić information content (AvgIpc) is 2.69. The number of hydrogen-bond acceptors (Lipinski definition) is 4. The predicted octanol–water partition coefficient (Wildman–Crippen LogP) is 3.26. The average molecular weight is 388 g/mol. The fraction of sp³-hybridized carbons (Fsp3) is 0.381. The van der Waals surface area contributed by atoms with Crippen LogP contribution in [0.1, 0.15) is 34.3 Å². The number of hydrogen-bond donors (Lipinski definition) is 0. The Morgan fingerprint density at radius 1 is 1.00 bits per heavy atom. The number of nitrogens with zero attached hydrogens (tertiary/aromatic N) is 1. The second-order valence-electron chi connectivity index (χ2n) is 6.98. The van der Waals surface area contributed by atoms with Crippen LogP contribution in [0.3, 0.4) is 0 Å². The largest absolute Gasteiger partial charge is 0.465 e. The molecule has 1 saturated heterocycles. The molecule has 2 aromatic carbocycles. The molecule has 0 amide bonds. The molecule has 0 aliphatic carbocycles. The summed E-state index contributed by atoms with van der Waals surface area (Å²) in [4.78, 5) is 11.5. The standard InChI is InChI=1S/C21H25NO4S/c1-26-21(23)20-9-7-19(8-10-20)16-27(24,25)22-13-11-18(12-14-22)15-17-5-3-2-4-6-17/h2-10,18H,11-16H2,1H3. The van der Waals surface area contributed by atoms with Gasteiger partial charge in [0.05, 0.1) is 18.4 Å². The molecule has 6 heteroatoms. The quantitative estimate of drug-likeness (QED) is 0.714. The van der Waals surface area contributed by atoms with Crippen LogP contribution in [0.15, 0.2) is 54.6 Å². The van der Waals surface area contributed by atoms with Gasteiger partial charge in [-0.25, -0.2) is 17.5 Å². The van der Waals surface area contributed by atoms with Crippen molar-refractivity contribution in [3.05, 3.63) is 71.3 Å². The highest BCUT2D eigenvalue weighted by Crippen LogP contribution is 2.24. The van der Waals surface area contributed by atoms with Gasteiger partial charge in [-0.1, -0.05) is 42.5 Å². The zero-order valence-electron chi connectivity index (χ0n) is 15.5. The number of rotatable bonds is 6. The normalized spacial score (nSPS) is 16.2. The molecule has 0 N–H and O–H groups in total. The summed E-state index contributed by atoms with van der Waals surface area (Å²) in [5.74, 6) is 0.0562. The van der Waals surface area contributed by atoms with Crippen molar-refractivity contribution < 1.29 is 17.9 Å². The summed E-state index contributed by atoms with van der Waals surface area (Å²) in [6.45, 7) is 1.14. The molecule has 2 aromatic rings. The monoisotopic (exact) mass is 387 g/mol. The lowest BCUT2D eigenvalue weighted by Crippen LogP contribution is -2.39. The van der Waals surface area contributed by atoms with Crippen LogP contribution in [0.5, 0.6) is 0 Å². The Morgan fingerprint density at radius 3 is 2.22 bits per heavy atom. The lowest BCUT2D eigenvalue weighted by molar-refractivity contribution is 0.0600. The Balaban J connectivity index is 1.56. The Kier molecular flexibility index (Phi) is 6.29. The van der Waals surface area contributed by atoms with E-state index in [0.717, 1.165) is 19.3 Å². The SMILES string of the molecule is COC(=O)c1ccc(CS(=O)(=O)N2CCC(Cc3ccccc3)CC2)cc1. The first-order chi connectivity index (χ1) is 13.0. The van der Waals surface area contributed by atoms with E-state index < -0.39 is 16.0 Å². The third-order valence-electron chi connectivity index (χ3n) is 5.06. The minimum atomic E-state index is -3.35. The molecule has 0 atom stereocenters. The zero-order chi connectivity index (χ0) is 19.3. The van der Waals surface area contributed by atoms with Crippen LogP contribution >= 0.6 is 0 Å². The maximum atomic E-state index is 12.7. The van der Waals surface area contributed by atoms with E-state index in [2.05, 4.69) is 16.9 Å². The van der Waals surface area contributed by atoms with Crippen LogP contribution in [0.25, 0.3) is 0 Å². The predicted molar refractivity (Wildman–Crippen MR) is 105 cm³/mol. The third-order valence-corrected chi connectivity index (χ3v) is 6.91. The van der Waals surface area contributed by atoms with Gasteiger partial charge < -0.3 is 4.74 Å². The number of carbonyl (C=O) groups is 1. The van der Waals surface area contributed by atoms with Crippen molar-refractivity contribution in [1.29, 1.82) is 0 Å². The van der Waals surface area contributed by atoms with E-state index in [1.165, 1.54) is 12.7 Å². The minimum absolute atomic E-state index is 0.0438. The van der Waals surface area contributed by atoms with E-state index in [1.807, 2.05) is 18.2 Å². The molecule has 0 unspecified atom stereocenters. The molecule has 0 bridgehead atoms. The van der Waals surface area contributed by atoms with Gasteiger partial charge in [-0.2, -0.15) is 0 Å². The van der Waals surface area contributed by atoms with Crippen LogP contribution in [0.4, 0.5) is 0 Å². The lowest BCUT2D eigenvalue weighted by Gasteiger charge is -2.31. The highest BCUT2D eigenvalue weighted by molar-refractivity contribution is 7.88. The topological polar surface area (TPSA) is 63.7 Å². The molecule has 1 aliphatic heterocycles. The Hall–Kier alpha value is -2.18. The van der Waals surface area contributed by atoms with Crippen molar-refractivity contribution in [3.63, 3.8) is 0 Å². The van der Waals surface area contributed by atoms with Gasteiger partial charge in [-0.15, -0.1) is 0 Å². The minimum Gasteiger partial charge on any atom is -0.465 e. The Labute approximate surface area is 161 Å². The number of carbonyl (C=O) groups excluding carboxylic acids is 1. The molecule has 1 aliphatic rings. The molecule has 0 saturated carbocycles. The van der Waals surface area contributed by atoms with Gasteiger partial charge in [0, 0.05) is 13.1 Å². The van der Waals surface area contributed by atoms with E-state index >= 15 is 0 Å². The summed E-state index contributed by atoms with van der Waals surface area (Å²) >= 11 is 0. The van der Waals surface area contributed by atoms with Crippen molar-refractivity contribution in [2.45, 2.75) is 25.0 Å². The zero-order valence-corrected chi connectivity index (χ0v) is 16.3. The van der Waals surface area contributed by atoms with Crippen LogP contribution in [-0.2, 0) is 26.9 Å². The Bertz CT molecular complexity index is 855. The lowest BCUT2D eigenvalue weighted by atomic mass is 9.91. The van der Waals surface area contributed by atoms with Gasteiger partial charge in [-0.3, -0.25) is 0 Å². The van der Waals surface area contributed by atoms with Gasteiger partial charge in [-0.05, 0) is 48.4 Å². The number of sulfonamides is 1. The van der Waals surface area contributed by atoms with E-state index in [-0.39, 0.29) is 5.75 Å². The fourth-order valence-corrected chi connectivity index (χ4v) is 5.06. The first kappa shape index (κ1) is 19.6. The van der Waals surface area contributed by atoms with E-state index in [0.29, 0.717) is 30.1 Å². The molecule has 3 rings (SSSR count). The maximum Gasteiger partial charge on any atom is 0.337 e. The van der Waals surface area contributed by atoms with E-state index in [4.69, 9.17) is 0 Å². The molecular weight excluding hydrogens is 362 g/mol. The highest BCUT2D eigenvalue weighted by atomic mass is 32.2. The number of ether oxygens (including phenoxy) is 1. The summed E-state index contributed by atoms with van der Waals surface area (Å²) in [6.07, 6.45) is 2.77. The van der Waals surface area contributed by atoms with E-state index in [9.17, 15) is 13.2 Å². The molecule has 1 heterocycles. The Morgan fingerprint density at radius 2 is 1.63 bits per heavy atom. The second-order valence-corrected chi connectivity index (χ2v) is 8.95. The van der Waals surface area contributed by atoms with Crippen molar-refractivity contribution in [1.82, 2.24) is 4.31 Å². The highest BCUT2D eigenvalue weighted by Gasteiger charge is 2.28. The smallest absolute Gasteiger partial charge is 0.337 e. The molecule has 5 nitrogen and oxygen atoms in total. The maximum absolute atomic E-state index is 12.7. The number of esters is 1. The number of methoxy groups -OCH3 is 1.